The molecule has 0 spiro atoms. The lowest BCUT2D eigenvalue weighted by Gasteiger charge is -2.03. The fourth-order valence-corrected chi connectivity index (χ4v) is 2.00. The van der Waals surface area contributed by atoms with Crippen molar-refractivity contribution in [2.75, 3.05) is 0 Å². The summed E-state index contributed by atoms with van der Waals surface area (Å²) in [6.07, 6.45) is 1.71. The standard InChI is InChI=1S/C16H12N2O/c1-11-10-17-15-9-13(7-8-14(15)18-11)16(19)12-5-3-2-4-6-12/h2-10H,1H3. The first-order valence-corrected chi connectivity index (χ1v) is 6.07. The molecule has 0 bridgehead atoms. The third-order valence-electron chi connectivity index (χ3n) is 2.96. The van der Waals surface area contributed by atoms with Gasteiger partial charge in [0.05, 0.1) is 16.7 Å². The Kier molecular flexibility index (Phi) is 2.80. The fourth-order valence-electron chi connectivity index (χ4n) is 2.00. The minimum absolute atomic E-state index is 0.00451. The summed E-state index contributed by atoms with van der Waals surface area (Å²) in [5.74, 6) is 0.00451. The number of fused-ring (bicyclic) bond motifs is 1. The van der Waals surface area contributed by atoms with Crippen molar-refractivity contribution < 1.29 is 4.79 Å². The van der Waals surface area contributed by atoms with Crippen molar-refractivity contribution in [2.45, 2.75) is 6.92 Å². The molecular weight excluding hydrogens is 236 g/mol. The van der Waals surface area contributed by atoms with E-state index in [-0.39, 0.29) is 5.78 Å². The van der Waals surface area contributed by atoms with Crippen LogP contribution in [-0.4, -0.2) is 15.8 Å². The van der Waals surface area contributed by atoms with E-state index in [4.69, 9.17) is 0 Å². The minimum atomic E-state index is 0.00451. The summed E-state index contributed by atoms with van der Waals surface area (Å²) < 4.78 is 0. The monoisotopic (exact) mass is 248 g/mol. The van der Waals surface area contributed by atoms with E-state index in [0.29, 0.717) is 11.1 Å². The highest BCUT2D eigenvalue weighted by Crippen LogP contribution is 2.15. The average Bonchev–Trinajstić information content (AvgIpc) is 2.47. The molecule has 0 aliphatic heterocycles. The molecule has 1 heterocycles. The lowest BCUT2D eigenvalue weighted by atomic mass is 10.0. The maximum atomic E-state index is 12.3. The number of aryl methyl sites for hydroxylation is 1. The number of rotatable bonds is 2. The molecule has 3 nitrogen and oxygen atoms in total. The molecule has 2 aromatic carbocycles. The lowest BCUT2D eigenvalue weighted by Crippen LogP contribution is -2.01. The Morgan fingerprint density at radius 3 is 2.53 bits per heavy atom. The van der Waals surface area contributed by atoms with Crippen molar-refractivity contribution in [2.24, 2.45) is 0 Å². The zero-order valence-electron chi connectivity index (χ0n) is 10.5. The van der Waals surface area contributed by atoms with Crippen molar-refractivity contribution in [1.82, 2.24) is 9.97 Å². The maximum Gasteiger partial charge on any atom is 0.193 e. The molecule has 19 heavy (non-hydrogen) atoms. The van der Waals surface area contributed by atoms with Gasteiger partial charge in [-0.15, -0.1) is 0 Å². The number of nitrogens with zero attached hydrogens (tertiary/aromatic N) is 2. The van der Waals surface area contributed by atoms with Gasteiger partial charge in [0, 0.05) is 17.3 Å². The number of carbonyl (C=O) groups excluding carboxylic acids is 1. The number of carbonyl (C=O) groups is 1. The van der Waals surface area contributed by atoms with Crippen LogP contribution >= 0.6 is 0 Å². The highest BCUT2D eigenvalue weighted by Gasteiger charge is 2.09. The van der Waals surface area contributed by atoms with E-state index >= 15 is 0 Å². The number of benzene rings is 2. The van der Waals surface area contributed by atoms with Gasteiger partial charge in [0.2, 0.25) is 0 Å². The Bertz CT molecular complexity index is 751. The third kappa shape index (κ3) is 2.22. The van der Waals surface area contributed by atoms with Gasteiger partial charge in [-0.2, -0.15) is 0 Å². The zero-order valence-corrected chi connectivity index (χ0v) is 10.5. The maximum absolute atomic E-state index is 12.3. The summed E-state index contributed by atoms with van der Waals surface area (Å²) in [7, 11) is 0. The Morgan fingerprint density at radius 1 is 0.947 bits per heavy atom. The molecular formula is C16H12N2O. The molecule has 3 heteroatoms. The van der Waals surface area contributed by atoms with Crippen molar-refractivity contribution in [3.05, 3.63) is 71.5 Å². The minimum Gasteiger partial charge on any atom is -0.289 e. The molecule has 0 atom stereocenters. The summed E-state index contributed by atoms with van der Waals surface area (Å²) in [6, 6.07) is 14.7. The highest BCUT2D eigenvalue weighted by atomic mass is 16.1. The van der Waals surface area contributed by atoms with Crippen LogP contribution < -0.4 is 0 Å². The number of hydrogen-bond acceptors (Lipinski definition) is 3. The molecule has 3 rings (SSSR count). The van der Waals surface area contributed by atoms with E-state index in [2.05, 4.69) is 9.97 Å². The van der Waals surface area contributed by atoms with E-state index in [1.807, 2.05) is 43.3 Å². The van der Waals surface area contributed by atoms with Gasteiger partial charge in [-0.3, -0.25) is 9.78 Å². The van der Waals surface area contributed by atoms with Crippen LogP contribution in [0.2, 0.25) is 0 Å². The fraction of sp³-hybridized carbons (Fsp3) is 0.0625. The van der Waals surface area contributed by atoms with Crippen molar-refractivity contribution in [3.63, 3.8) is 0 Å². The average molecular weight is 248 g/mol. The Morgan fingerprint density at radius 2 is 1.74 bits per heavy atom. The van der Waals surface area contributed by atoms with E-state index in [9.17, 15) is 4.79 Å². The van der Waals surface area contributed by atoms with Gasteiger partial charge in [-0.05, 0) is 25.1 Å². The summed E-state index contributed by atoms with van der Waals surface area (Å²) in [6.45, 7) is 1.90. The third-order valence-corrected chi connectivity index (χ3v) is 2.96. The molecule has 0 fully saturated rings. The van der Waals surface area contributed by atoms with Crippen LogP contribution in [0.5, 0.6) is 0 Å². The second-order valence-corrected chi connectivity index (χ2v) is 4.41. The van der Waals surface area contributed by atoms with Gasteiger partial charge in [0.15, 0.2) is 5.78 Å². The Labute approximate surface area is 111 Å². The largest absolute Gasteiger partial charge is 0.289 e. The Balaban J connectivity index is 2.07. The smallest absolute Gasteiger partial charge is 0.193 e. The van der Waals surface area contributed by atoms with E-state index in [1.54, 1.807) is 18.3 Å². The molecule has 0 amide bonds. The second kappa shape index (κ2) is 4.61. The van der Waals surface area contributed by atoms with Crippen LogP contribution in [0.15, 0.2) is 54.7 Å². The van der Waals surface area contributed by atoms with Crippen molar-refractivity contribution in [1.29, 1.82) is 0 Å². The normalized spacial score (nSPS) is 10.6. The molecule has 0 radical (unpaired) electrons. The van der Waals surface area contributed by atoms with Crippen LogP contribution in [0, 0.1) is 6.92 Å². The first-order valence-electron chi connectivity index (χ1n) is 6.07. The molecule has 0 aliphatic carbocycles. The first-order chi connectivity index (χ1) is 9.24. The molecule has 1 aromatic heterocycles. The zero-order chi connectivity index (χ0) is 13.2. The molecule has 0 unspecified atom stereocenters. The van der Waals surface area contributed by atoms with Gasteiger partial charge in [0.1, 0.15) is 0 Å². The van der Waals surface area contributed by atoms with Crippen LogP contribution in [0.3, 0.4) is 0 Å². The summed E-state index contributed by atoms with van der Waals surface area (Å²) in [5.41, 5.74) is 3.74. The molecule has 0 saturated carbocycles. The predicted octanol–water partition coefficient (Wildman–Crippen LogP) is 3.17. The van der Waals surface area contributed by atoms with Crippen LogP contribution in [0.4, 0.5) is 0 Å². The Hall–Kier alpha value is -2.55. The van der Waals surface area contributed by atoms with Crippen LogP contribution in [-0.2, 0) is 0 Å². The van der Waals surface area contributed by atoms with Gasteiger partial charge >= 0.3 is 0 Å². The van der Waals surface area contributed by atoms with E-state index in [0.717, 1.165) is 16.7 Å². The molecule has 3 aromatic rings. The molecule has 0 aliphatic rings. The van der Waals surface area contributed by atoms with E-state index < -0.39 is 0 Å². The van der Waals surface area contributed by atoms with Crippen LogP contribution in [0.1, 0.15) is 21.6 Å². The summed E-state index contributed by atoms with van der Waals surface area (Å²) >= 11 is 0. The van der Waals surface area contributed by atoms with Crippen molar-refractivity contribution in [3.8, 4) is 0 Å². The molecule has 0 N–H and O–H groups in total. The van der Waals surface area contributed by atoms with Gasteiger partial charge in [-0.25, -0.2) is 4.98 Å². The van der Waals surface area contributed by atoms with Gasteiger partial charge in [0.25, 0.3) is 0 Å². The lowest BCUT2D eigenvalue weighted by molar-refractivity contribution is 0.103. The second-order valence-electron chi connectivity index (χ2n) is 4.41. The first kappa shape index (κ1) is 11.5. The number of ketones is 1. The van der Waals surface area contributed by atoms with Crippen molar-refractivity contribution >= 4 is 16.8 Å². The topological polar surface area (TPSA) is 42.9 Å². The SMILES string of the molecule is Cc1cnc2cc(C(=O)c3ccccc3)ccc2n1. The van der Waals surface area contributed by atoms with Gasteiger partial charge < -0.3 is 0 Å². The number of hydrogen-bond donors (Lipinski definition) is 0. The van der Waals surface area contributed by atoms with Gasteiger partial charge in [-0.1, -0.05) is 30.3 Å². The predicted molar refractivity (Wildman–Crippen MR) is 74.1 cm³/mol. The highest BCUT2D eigenvalue weighted by molar-refractivity contribution is 6.10. The molecule has 92 valence electrons. The summed E-state index contributed by atoms with van der Waals surface area (Å²) in [4.78, 5) is 21.0. The van der Waals surface area contributed by atoms with E-state index in [1.165, 1.54) is 0 Å². The quantitative estimate of drug-likeness (QED) is 0.654. The summed E-state index contributed by atoms with van der Waals surface area (Å²) in [5, 5.41) is 0. The van der Waals surface area contributed by atoms with Crippen LogP contribution in [0.25, 0.3) is 11.0 Å². The number of aromatic nitrogens is 2. The molecule has 0 saturated heterocycles.